The molecule has 0 radical (unpaired) electrons. The lowest BCUT2D eigenvalue weighted by Crippen LogP contribution is -2.52. The van der Waals surface area contributed by atoms with E-state index in [2.05, 4.69) is 0 Å². The topological polar surface area (TPSA) is 102 Å². The van der Waals surface area contributed by atoms with E-state index in [1.54, 1.807) is 43.3 Å². The van der Waals surface area contributed by atoms with E-state index in [4.69, 9.17) is 14.2 Å². The van der Waals surface area contributed by atoms with Crippen LogP contribution in [-0.2, 0) is 24.3 Å². The van der Waals surface area contributed by atoms with Crippen molar-refractivity contribution in [2.45, 2.75) is 37.7 Å². The number of hydrogen-bond acceptors (Lipinski definition) is 7. The van der Waals surface area contributed by atoms with Crippen molar-refractivity contribution in [2.75, 3.05) is 38.3 Å². The lowest BCUT2D eigenvalue weighted by atomic mass is 9.97. The Morgan fingerprint density at radius 1 is 1.14 bits per heavy atom. The Morgan fingerprint density at radius 2 is 1.91 bits per heavy atom. The van der Waals surface area contributed by atoms with Gasteiger partial charge in [0.05, 0.1) is 36.8 Å². The minimum atomic E-state index is -3.79. The van der Waals surface area contributed by atoms with Gasteiger partial charge in [-0.1, -0.05) is 12.1 Å². The molecule has 10 heteroatoms. The molecule has 2 heterocycles. The standard InChI is InChI=1S/C25H30N2O7S/c1-4-33-21-12-11-19(14-17(21)2)35(30,31)26-13-7-8-18(15-26)24(28)27-16-23(25(29)32-3)34-22-10-6-5-9-20(22)27/h5-6,9-12,14,18,23H,4,7-8,13,15-16H2,1-3H3/t18-,23+/m0/s1. The second-order valence-electron chi connectivity index (χ2n) is 8.61. The predicted octanol–water partition coefficient (Wildman–Crippen LogP) is 2.76. The fourth-order valence-electron chi connectivity index (χ4n) is 4.53. The van der Waals surface area contributed by atoms with Crippen LogP contribution >= 0.6 is 0 Å². The van der Waals surface area contributed by atoms with Gasteiger partial charge in [0, 0.05) is 13.1 Å². The number of rotatable bonds is 6. The Hall–Kier alpha value is -3.11. The van der Waals surface area contributed by atoms with Crippen molar-refractivity contribution < 1.29 is 32.2 Å². The number of aryl methyl sites for hydroxylation is 1. The number of para-hydroxylation sites is 2. The first kappa shape index (κ1) is 25.0. The number of anilines is 1. The number of benzene rings is 2. The van der Waals surface area contributed by atoms with E-state index in [9.17, 15) is 18.0 Å². The highest BCUT2D eigenvalue weighted by molar-refractivity contribution is 7.89. The highest BCUT2D eigenvalue weighted by Crippen LogP contribution is 2.36. The Kier molecular flexibility index (Phi) is 7.32. The summed E-state index contributed by atoms with van der Waals surface area (Å²) < 4.78 is 44.3. The molecule has 0 spiro atoms. The van der Waals surface area contributed by atoms with Crippen LogP contribution in [0.3, 0.4) is 0 Å². The summed E-state index contributed by atoms with van der Waals surface area (Å²) in [5.74, 6) is -0.308. The molecule has 2 aliphatic heterocycles. The van der Waals surface area contributed by atoms with Crippen molar-refractivity contribution in [2.24, 2.45) is 5.92 Å². The van der Waals surface area contributed by atoms with E-state index in [0.717, 1.165) is 5.56 Å². The van der Waals surface area contributed by atoms with Gasteiger partial charge in [0.1, 0.15) is 11.5 Å². The molecule has 0 N–H and O–H groups in total. The molecule has 188 valence electrons. The van der Waals surface area contributed by atoms with E-state index in [1.807, 2.05) is 6.92 Å². The molecule has 2 aliphatic rings. The summed E-state index contributed by atoms with van der Waals surface area (Å²) in [6, 6.07) is 11.8. The molecule has 0 saturated carbocycles. The molecule has 0 aliphatic carbocycles. The number of amides is 1. The molecule has 1 amide bonds. The van der Waals surface area contributed by atoms with Crippen LogP contribution in [0, 0.1) is 12.8 Å². The molecule has 4 rings (SSSR count). The first-order valence-electron chi connectivity index (χ1n) is 11.6. The fourth-order valence-corrected chi connectivity index (χ4v) is 6.14. The average Bonchev–Trinajstić information content (AvgIpc) is 2.88. The van der Waals surface area contributed by atoms with Crippen molar-refractivity contribution >= 4 is 27.6 Å². The van der Waals surface area contributed by atoms with E-state index < -0.39 is 28.0 Å². The largest absolute Gasteiger partial charge is 0.494 e. The number of carbonyl (C=O) groups is 2. The molecule has 0 bridgehead atoms. The molecule has 1 fully saturated rings. The summed E-state index contributed by atoms with van der Waals surface area (Å²) in [5.41, 5.74) is 1.29. The van der Waals surface area contributed by atoms with Gasteiger partial charge in [0.2, 0.25) is 22.0 Å². The summed E-state index contributed by atoms with van der Waals surface area (Å²) in [5, 5.41) is 0. The predicted molar refractivity (Wildman–Crippen MR) is 129 cm³/mol. The van der Waals surface area contributed by atoms with Gasteiger partial charge in [-0.05, 0) is 62.6 Å². The van der Waals surface area contributed by atoms with Crippen LogP contribution in [0.5, 0.6) is 11.5 Å². The van der Waals surface area contributed by atoms with Gasteiger partial charge < -0.3 is 19.1 Å². The number of ether oxygens (including phenoxy) is 3. The van der Waals surface area contributed by atoms with E-state index >= 15 is 0 Å². The normalized spacial score (nSPS) is 20.5. The Morgan fingerprint density at radius 3 is 2.63 bits per heavy atom. The van der Waals surface area contributed by atoms with E-state index in [0.29, 0.717) is 43.2 Å². The van der Waals surface area contributed by atoms with Crippen LogP contribution in [0.2, 0.25) is 0 Å². The highest BCUT2D eigenvalue weighted by atomic mass is 32.2. The number of sulfonamides is 1. The van der Waals surface area contributed by atoms with Crippen LogP contribution in [-0.4, -0.2) is 64.1 Å². The molecule has 9 nitrogen and oxygen atoms in total. The van der Waals surface area contributed by atoms with Crippen molar-refractivity contribution in [1.82, 2.24) is 4.31 Å². The first-order valence-corrected chi connectivity index (χ1v) is 13.1. The minimum absolute atomic E-state index is 0.00382. The van der Waals surface area contributed by atoms with Crippen LogP contribution in [0.1, 0.15) is 25.3 Å². The van der Waals surface area contributed by atoms with Crippen molar-refractivity contribution in [1.29, 1.82) is 0 Å². The summed E-state index contributed by atoms with van der Waals surface area (Å²) in [6.07, 6.45) is 0.155. The van der Waals surface area contributed by atoms with Gasteiger partial charge in [-0.3, -0.25) is 4.79 Å². The van der Waals surface area contributed by atoms with Crippen LogP contribution in [0.25, 0.3) is 0 Å². The van der Waals surface area contributed by atoms with Crippen molar-refractivity contribution in [3.8, 4) is 11.5 Å². The summed E-state index contributed by atoms with van der Waals surface area (Å²) in [6.45, 7) is 4.57. The lowest BCUT2D eigenvalue weighted by Gasteiger charge is -2.38. The number of esters is 1. The second-order valence-corrected chi connectivity index (χ2v) is 10.5. The summed E-state index contributed by atoms with van der Waals surface area (Å²) in [7, 11) is -2.53. The van der Waals surface area contributed by atoms with Crippen LogP contribution in [0.4, 0.5) is 5.69 Å². The number of piperidine rings is 1. The second kappa shape index (κ2) is 10.2. The van der Waals surface area contributed by atoms with Crippen molar-refractivity contribution in [3.05, 3.63) is 48.0 Å². The fraction of sp³-hybridized carbons (Fsp3) is 0.440. The van der Waals surface area contributed by atoms with Gasteiger partial charge in [-0.25, -0.2) is 13.2 Å². The Bertz CT molecular complexity index is 1210. The SMILES string of the molecule is CCOc1ccc(S(=O)(=O)N2CCC[C@H](C(=O)N3C[C@H](C(=O)OC)Oc4ccccc43)C2)cc1C. The molecule has 1 saturated heterocycles. The van der Waals surface area contributed by atoms with Crippen LogP contribution < -0.4 is 14.4 Å². The van der Waals surface area contributed by atoms with E-state index in [1.165, 1.54) is 22.4 Å². The molecular formula is C25H30N2O7S. The number of hydrogen-bond donors (Lipinski definition) is 0. The molecule has 2 aromatic carbocycles. The highest BCUT2D eigenvalue weighted by Gasteiger charge is 2.40. The smallest absolute Gasteiger partial charge is 0.348 e. The first-order chi connectivity index (χ1) is 16.8. The van der Waals surface area contributed by atoms with Gasteiger partial charge in [0.15, 0.2) is 0 Å². The molecule has 2 aromatic rings. The van der Waals surface area contributed by atoms with Gasteiger partial charge in [-0.15, -0.1) is 0 Å². The van der Waals surface area contributed by atoms with Crippen LogP contribution in [0.15, 0.2) is 47.4 Å². The zero-order valence-electron chi connectivity index (χ0n) is 20.1. The molecule has 35 heavy (non-hydrogen) atoms. The third kappa shape index (κ3) is 4.99. The summed E-state index contributed by atoms with van der Waals surface area (Å²) in [4.78, 5) is 27.5. The monoisotopic (exact) mass is 502 g/mol. The Balaban J connectivity index is 1.56. The number of fused-ring (bicyclic) bond motifs is 1. The Labute approximate surface area is 205 Å². The zero-order chi connectivity index (χ0) is 25.2. The average molecular weight is 503 g/mol. The maximum absolute atomic E-state index is 13.6. The molecule has 2 atom stereocenters. The summed E-state index contributed by atoms with van der Waals surface area (Å²) >= 11 is 0. The zero-order valence-corrected chi connectivity index (χ0v) is 20.9. The van der Waals surface area contributed by atoms with Gasteiger partial charge in [0.25, 0.3) is 0 Å². The number of carbonyl (C=O) groups excluding carboxylic acids is 2. The molecule has 0 aromatic heterocycles. The molecular weight excluding hydrogens is 472 g/mol. The van der Waals surface area contributed by atoms with Gasteiger partial charge >= 0.3 is 5.97 Å². The van der Waals surface area contributed by atoms with Crippen molar-refractivity contribution in [3.63, 3.8) is 0 Å². The quantitative estimate of drug-likeness (QED) is 0.560. The minimum Gasteiger partial charge on any atom is -0.494 e. The third-order valence-electron chi connectivity index (χ3n) is 6.32. The number of methoxy groups -OCH3 is 1. The molecule has 0 unspecified atom stereocenters. The maximum Gasteiger partial charge on any atom is 0.348 e. The third-order valence-corrected chi connectivity index (χ3v) is 8.18. The maximum atomic E-state index is 13.6. The van der Waals surface area contributed by atoms with E-state index in [-0.39, 0.29) is 23.9 Å². The lowest BCUT2D eigenvalue weighted by molar-refractivity contribution is -0.148. The van der Waals surface area contributed by atoms with Gasteiger partial charge in [-0.2, -0.15) is 4.31 Å². The number of nitrogens with zero attached hydrogens (tertiary/aromatic N) is 2.